The van der Waals surface area contributed by atoms with Crippen molar-refractivity contribution in [2.24, 2.45) is 29.7 Å². The number of ether oxygens (including phenoxy) is 2. The van der Waals surface area contributed by atoms with Crippen molar-refractivity contribution < 1.29 is 9.47 Å². The third kappa shape index (κ3) is 1.61. The molecule has 132 valence electrons. The Hall–Kier alpha value is -2.82. The molecule has 7 nitrogen and oxygen atoms in total. The number of aromatic nitrogens is 1. The van der Waals surface area contributed by atoms with Crippen LogP contribution in [0.3, 0.4) is 0 Å². The average Bonchev–Trinajstić information content (AvgIpc) is 3.13. The fourth-order valence-corrected chi connectivity index (χ4v) is 5.04. The quantitative estimate of drug-likeness (QED) is 0.836. The van der Waals surface area contributed by atoms with Crippen molar-refractivity contribution in [1.82, 2.24) is 4.57 Å². The topological polar surface area (TPSA) is 119 Å². The maximum absolute atomic E-state index is 10.2. The molecule has 0 spiro atoms. The van der Waals surface area contributed by atoms with E-state index in [1.807, 2.05) is 0 Å². The van der Waals surface area contributed by atoms with Gasteiger partial charge < -0.3 is 14.0 Å². The van der Waals surface area contributed by atoms with E-state index in [-0.39, 0.29) is 5.90 Å². The second-order valence-corrected chi connectivity index (χ2v) is 7.67. The van der Waals surface area contributed by atoms with Gasteiger partial charge in [-0.3, -0.25) is 5.41 Å². The highest BCUT2D eigenvalue weighted by Gasteiger charge is 2.81. The number of hydrogen-bond donors (Lipinski definition) is 1. The lowest BCUT2D eigenvalue weighted by atomic mass is 9.51. The van der Waals surface area contributed by atoms with Crippen LogP contribution in [0.4, 0.5) is 0 Å². The third-order valence-electron chi connectivity index (χ3n) is 6.42. The molecule has 2 saturated heterocycles. The van der Waals surface area contributed by atoms with E-state index in [9.17, 15) is 15.8 Å². The Morgan fingerprint density at radius 1 is 1.27 bits per heavy atom. The summed E-state index contributed by atoms with van der Waals surface area (Å²) in [6.45, 7) is 2.07. The van der Waals surface area contributed by atoms with Gasteiger partial charge in [-0.1, -0.05) is 6.92 Å². The molecule has 3 heterocycles. The Kier molecular flexibility index (Phi) is 3.26. The summed E-state index contributed by atoms with van der Waals surface area (Å²) in [5.74, 6) is -1.63. The van der Waals surface area contributed by atoms with Crippen LogP contribution in [-0.2, 0) is 16.5 Å². The lowest BCUT2D eigenvalue weighted by Gasteiger charge is -2.52. The highest BCUT2D eigenvalue weighted by Crippen LogP contribution is 2.69. The lowest BCUT2D eigenvalue weighted by Crippen LogP contribution is -2.61. The molecule has 2 bridgehead atoms. The first kappa shape index (κ1) is 16.6. The van der Waals surface area contributed by atoms with E-state index < -0.39 is 28.6 Å². The Bertz CT molecular complexity index is 902. The van der Waals surface area contributed by atoms with Gasteiger partial charge in [0.25, 0.3) is 0 Å². The summed E-state index contributed by atoms with van der Waals surface area (Å²) in [6.07, 6.45) is 2.80. The van der Waals surface area contributed by atoms with Crippen LogP contribution < -0.4 is 0 Å². The minimum Gasteiger partial charge on any atom is -0.447 e. The molecule has 4 rings (SSSR count). The van der Waals surface area contributed by atoms with Gasteiger partial charge in [0, 0.05) is 25.4 Å². The Labute approximate surface area is 151 Å². The number of nitriles is 3. The molecule has 1 saturated carbocycles. The first-order chi connectivity index (χ1) is 12.4. The Balaban J connectivity index is 2.02. The second kappa shape index (κ2) is 5.10. The monoisotopic (exact) mass is 349 g/mol. The molecule has 1 aliphatic carbocycles. The summed E-state index contributed by atoms with van der Waals surface area (Å²) in [5.41, 5.74) is -2.87. The average molecular weight is 349 g/mol. The predicted molar refractivity (Wildman–Crippen MR) is 89.0 cm³/mol. The van der Waals surface area contributed by atoms with Crippen LogP contribution in [-0.4, -0.2) is 16.3 Å². The Morgan fingerprint density at radius 2 is 2.00 bits per heavy atom. The first-order valence-corrected chi connectivity index (χ1v) is 8.71. The predicted octanol–water partition coefficient (Wildman–Crippen LogP) is 2.78. The van der Waals surface area contributed by atoms with E-state index in [2.05, 4.69) is 25.1 Å². The second-order valence-electron chi connectivity index (χ2n) is 7.67. The van der Waals surface area contributed by atoms with Gasteiger partial charge in [0.15, 0.2) is 5.41 Å². The summed E-state index contributed by atoms with van der Waals surface area (Å²) in [5, 5.41) is 38.9. The van der Waals surface area contributed by atoms with Crippen LogP contribution in [0.5, 0.6) is 0 Å². The van der Waals surface area contributed by atoms with Crippen molar-refractivity contribution in [3.8, 4) is 18.2 Å². The molecule has 5 unspecified atom stereocenters. The molecule has 1 aromatic heterocycles. The largest absolute Gasteiger partial charge is 0.447 e. The minimum absolute atomic E-state index is 0.306. The van der Waals surface area contributed by atoms with E-state index in [1.165, 1.54) is 0 Å². The molecule has 0 radical (unpaired) electrons. The van der Waals surface area contributed by atoms with Crippen LogP contribution in [0.25, 0.3) is 0 Å². The molecule has 0 amide bonds. The fraction of sp³-hybridized carbons (Fsp3) is 0.579. The lowest BCUT2D eigenvalue weighted by molar-refractivity contribution is -0.299. The van der Waals surface area contributed by atoms with Crippen molar-refractivity contribution in [3.05, 3.63) is 24.0 Å². The molecular weight excluding hydrogens is 330 g/mol. The van der Waals surface area contributed by atoms with Gasteiger partial charge >= 0.3 is 0 Å². The summed E-state index contributed by atoms with van der Waals surface area (Å²) in [4.78, 5) is 0. The molecule has 7 heteroatoms. The summed E-state index contributed by atoms with van der Waals surface area (Å²) in [6, 6.07) is 9.95. The number of aryl methyl sites for hydroxylation is 1. The van der Waals surface area contributed by atoms with Crippen LogP contribution in [0.15, 0.2) is 18.3 Å². The minimum atomic E-state index is -1.85. The van der Waals surface area contributed by atoms with E-state index in [4.69, 9.17) is 14.9 Å². The molecule has 26 heavy (non-hydrogen) atoms. The van der Waals surface area contributed by atoms with Crippen molar-refractivity contribution in [3.63, 3.8) is 0 Å². The van der Waals surface area contributed by atoms with Gasteiger partial charge in [-0.25, -0.2) is 0 Å². The molecule has 0 aromatic carbocycles. The molecule has 5 atom stereocenters. The molecule has 3 fully saturated rings. The van der Waals surface area contributed by atoms with Crippen LogP contribution in [0.2, 0.25) is 0 Å². The van der Waals surface area contributed by atoms with Gasteiger partial charge in [0.2, 0.25) is 17.1 Å². The molecule has 2 aliphatic heterocycles. The first-order valence-electron chi connectivity index (χ1n) is 8.71. The van der Waals surface area contributed by atoms with Gasteiger partial charge in [-0.2, -0.15) is 15.8 Å². The smallest absolute Gasteiger partial charge is 0.217 e. The van der Waals surface area contributed by atoms with Crippen molar-refractivity contribution >= 4 is 5.90 Å². The van der Waals surface area contributed by atoms with Crippen molar-refractivity contribution in [2.75, 3.05) is 0 Å². The van der Waals surface area contributed by atoms with Gasteiger partial charge in [-0.15, -0.1) is 0 Å². The van der Waals surface area contributed by atoms with Gasteiger partial charge in [0.05, 0.1) is 24.1 Å². The number of rotatable bonds is 1. The Morgan fingerprint density at radius 3 is 2.58 bits per heavy atom. The maximum atomic E-state index is 10.2. The van der Waals surface area contributed by atoms with E-state index in [0.29, 0.717) is 24.5 Å². The van der Waals surface area contributed by atoms with Crippen molar-refractivity contribution in [1.29, 1.82) is 21.2 Å². The standard InChI is InChI=1S/C19H19N5O2/c1-12-5-6-19-14(8-12)18(11-22,16(23)26-19)17(9-20,10-21)15(25-19)13-4-3-7-24(13)2/h3-4,7,12,14-15,23H,5-6,8H2,1-2H3. The fourth-order valence-electron chi connectivity index (χ4n) is 5.04. The molecular formula is C19H19N5O2. The summed E-state index contributed by atoms with van der Waals surface area (Å²) < 4.78 is 14.0. The third-order valence-corrected chi connectivity index (χ3v) is 6.42. The van der Waals surface area contributed by atoms with Crippen LogP contribution in [0.1, 0.15) is 38.0 Å². The molecule has 1 N–H and O–H groups in total. The van der Waals surface area contributed by atoms with Gasteiger partial charge in [0.1, 0.15) is 6.10 Å². The zero-order valence-electron chi connectivity index (χ0n) is 14.7. The van der Waals surface area contributed by atoms with E-state index >= 15 is 0 Å². The number of nitrogens with zero attached hydrogens (tertiary/aromatic N) is 4. The van der Waals surface area contributed by atoms with Gasteiger partial charge in [-0.05, 0) is 30.9 Å². The highest BCUT2D eigenvalue weighted by molar-refractivity contribution is 5.89. The normalized spacial score (nSPS) is 39.8. The zero-order valence-corrected chi connectivity index (χ0v) is 14.7. The number of hydrogen-bond acceptors (Lipinski definition) is 6. The van der Waals surface area contributed by atoms with Crippen LogP contribution in [0, 0.1) is 62.1 Å². The van der Waals surface area contributed by atoms with E-state index in [0.717, 1.165) is 6.42 Å². The van der Waals surface area contributed by atoms with Crippen molar-refractivity contribution in [2.45, 2.75) is 38.1 Å². The highest BCUT2D eigenvalue weighted by atomic mass is 16.7. The van der Waals surface area contributed by atoms with E-state index in [1.54, 1.807) is 29.9 Å². The summed E-state index contributed by atoms with van der Waals surface area (Å²) >= 11 is 0. The van der Waals surface area contributed by atoms with Crippen LogP contribution >= 0.6 is 0 Å². The molecule has 3 aliphatic rings. The molecule has 1 aromatic rings. The zero-order chi connectivity index (χ0) is 18.7. The maximum Gasteiger partial charge on any atom is 0.217 e. The summed E-state index contributed by atoms with van der Waals surface area (Å²) in [7, 11) is 1.80. The SMILES string of the molecule is CC1CCC23OC(=N)C(C#N)(C2C1)C(C#N)(C#N)C(c1cccn1C)O3. The number of nitrogens with one attached hydrogen (secondary N) is 1.